The van der Waals surface area contributed by atoms with Crippen molar-refractivity contribution >= 4 is 29.0 Å². The Labute approximate surface area is 98.8 Å². The zero-order valence-electron chi connectivity index (χ0n) is 9.41. The van der Waals surface area contributed by atoms with E-state index in [0.717, 1.165) is 0 Å². The third-order valence-electron chi connectivity index (χ3n) is 2.01. The van der Waals surface area contributed by atoms with Crippen molar-refractivity contribution < 1.29 is 4.79 Å². The predicted octanol–water partition coefficient (Wildman–Crippen LogP) is 0.521. The number of aromatic nitrogens is 2. The van der Waals surface area contributed by atoms with Crippen molar-refractivity contribution in [2.45, 2.75) is 6.92 Å². The smallest absolute Gasteiger partial charge is 0.241 e. The summed E-state index contributed by atoms with van der Waals surface area (Å²) in [6, 6.07) is 0. The Morgan fingerprint density at radius 2 is 2.12 bits per heavy atom. The number of hydrogen-bond acceptors (Lipinski definition) is 5. The molecule has 88 valence electrons. The number of nitrogens with zero attached hydrogens (tertiary/aromatic N) is 3. The molecule has 0 aliphatic carbocycles. The van der Waals surface area contributed by atoms with E-state index in [4.69, 9.17) is 17.3 Å². The van der Waals surface area contributed by atoms with Crippen molar-refractivity contribution in [2.24, 2.45) is 0 Å². The van der Waals surface area contributed by atoms with Crippen molar-refractivity contribution in [1.82, 2.24) is 14.9 Å². The minimum Gasteiger partial charge on any atom is -0.394 e. The van der Waals surface area contributed by atoms with Gasteiger partial charge in [0.1, 0.15) is 0 Å². The number of hydrogen-bond donors (Lipinski definition) is 2. The van der Waals surface area contributed by atoms with Crippen LogP contribution >= 0.6 is 11.6 Å². The van der Waals surface area contributed by atoms with Gasteiger partial charge in [-0.05, 0) is 18.5 Å². The Bertz CT molecular complexity index is 407. The zero-order valence-corrected chi connectivity index (χ0v) is 10.2. The average Bonchev–Trinajstić information content (AvgIpc) is 2.20. The Hall–Kier alpha value is -1.56. The summed E-state index contributed by atoms with van der Waals surface area (Å²) in [7, 11) is 3.34. The number of carbonyl (C=O) groups excluding carboxylic acids is 1. The third kappa shape index (κ3) is 2.96. The second-order valence-corrected chi connectivity index (χ2v) is 3.82. The maximum atomic E-state index is 11.3. The van der Waals surface area contributed by atoms with Crippen LogP contribution in [-0.4, -0.2) is 41.4 Å². The molecule has 0 aromatic carbocycles. The van der Waals surface area contributed by atoms with Gasteiger partial charge >= 0.3 is 0 Å². The minimum absolute atomic E-state index is 0.0770. The molecule has 16 heavy (non-hydrogen) atoms. The minimum atomic E-state index is -0.0770. The van der Waals surface area contributed by atoms with Crippen molar-refractivity contribution in [3.05, 3.63) is 11.0 Å². The number of amides is 1. The summed E-state index contributed by atoms with van der Waals surface area (Å²) in [6.07, 6.45) is 0. The van der Waals surface area contributed by atoms with Crippen LogP contribution in [0.5, 0.6) is 0 Å². The molecule has 0 spiro atoms. The molecule has 1 heterocycles. The molecule has 0 fully saturated rings. The van der Waals surface area contributed by atoms with E-state index in [0.29, 0.717) is 17.2 Å². The number of halogens is 1. The van der Waals surface area contributed by atoms with Gasteiger partial charge in [0.05, 0.1) is 17.9 Å². The molecule has 0 saturated carbocycles. The fourth-order valence-corrected chi connectivity index (χ4v) is 1.21. The van der Waals surface area contributed by atoms with E-state index in [1.54, 1.807) is 21.0 Å². The SMILES string of the molecule is Cc1nc(Cl)nc(NCC(=O)N(C)C)c1N. The van der Waals surface area contributed by atoms with Crippen molar-refractivity contribution in [3.63, 3.8) is 0 Å². The Balaban J connectivity index is 2.78. The molecule has 3 N–H and O–H groups in total. The fourth-order valence-electron chi connectivity index (χ4n) is 1.000. The molecule has 0 radical (unpaired) electrons. The molecule has 1 aromatic heterocycles. The van der Waals surface area contributed by atoms with Gasteiger partial charge in [-0.2, -0.15) is 4.98 Å². The first-order valence-electron chi connectivity index (χ1n) is 4.65. The molecule has 1 aromatic rings. The lowest BCUT2D eigenvalue weighted by Crippen LogP contribution is -2.29. The van der Waals surface area contributed by atoms with E-state index in [9.17, 15) is 4.79 Å². The van der Waals surface area contributed by atoms with E-state index >= 15 is 0 Å². The number of rotatable bonds is 3. The van der Waals surface area contributed by atoms with Gasteiger partial charge in [-0.25, -0.2) is 4.98 Å². The second kappa shape index (κ2) is 4.98. The van der Waals surface area contributed by atoms with Crippen LogP contribution in [0.4, 0.5) is 11.5 Å². The molecule has 0 bridgehead atoms. The van der Waals surface area contributed by atoms with Crippen LogP contribution < -0.4 is 11.1 Å². The molecule has 0 atom stereocenters. The largest absolute Gasteiger partial charge is 0.394 e. The Kier molecular flexibility index (Phi) is 3.89. The lowest BCUT2D eigenvalue weighted by molar-refractivity contribution is -0.126. The van der Waals surface area contributed by atoms with Gasteiger partial charge in [-0.1, -0.05) is 0 Å². The van der Waals surface area contributed by atoms with Gasteiger partial charge in [-0.15, -0.1) is 0 Å². The molecule has 1 rings (SSSR count). The first kappa shape index (κ1) is 12.5. The number of nitrogen functional groups attached to an aromatic ring is 1. The molecule has 0 aliphatic rings. The standard InChI is InChI=1S/C9H14ClN5O/c1-5-7(11)8(14-9(10)13-5)12-4-6(16)15(2)3/h4,11H2,1-3H3,(H,12,13,14). The van der Waals surface area contributed by atoms with E-state index in [-0.39, 0.29) is 17.7 Å². The van der Waals surface area contributed by atoms with E-state index < -0.39 is 0 Å². The highest BCUT2D eigenvalue weighted by Crippen LogP contribution is 2.20. The molecular formula is C9H14ClN5O. The predicted molar refractivity (Wildman–Crippen MR) is 63.4 cm³/mol. The van der Waals surface area contributed by atoms with E-state index in [1.807, 2.05) is 0 Å². The molecular weight excluding hydrogens is 230 g/mol. The molecule has 0 saturated heterocycles. The van der Waals surface area contributed by atoms with Gasteiger partial charge in [0, 0.05) is 14.1 Å². The highest BCUT2D eigenvalue weighted by atomic mass is 35.5. The quantitative estimate of drug-likeness (QED) is 0.757. The third-order valence-corrected chi connectivity index (χ3v) is 2.18. The van der Waals surface area contributed by atoms with Crippen LogP contribution in [0.15, 0.2) is 0 Å². The average molecular weight is 244 g/mol. The van der Waals surface area contributed by atoms with Gasteiger partial charge < -0.3 is 16.0 Å². The highest BCUT2D eigenvalue weighted by molar-refractivity contribution is 6.28. The Morgan fingerprint density at radius 3 is 2.69 bits per heavy atom. The summed E-state index contributed by atoms with van der Waals surface area (Å²) in [5, 5.41) is 2.93. The zero-order chi connectivity index (χ0) is 12.3. The number of nitrogens with one attached hydrogen (secondary N) is 1. The number of aryl methyl sites for hydroxylation is 1. The van der Waals surface area contributed by atoms with Gasteiger partial charge in [0.2, 0.25) is 11.2 Å². The van der Waals surface area contributed by atoms with E-state index in [2.05, 4.69) is 15.3 Å². The van der Waals surface area contributed by atoms with Crippen molar-refractivity contribution in [3.8, 4) is 0 Å². The van der Waals surface area contributed by atoms with Gasteiger partial charge in [-0.3, -0.25) is 4.79 Å². The van der Waals surface area contributed by atoms with Crippen LogP contribution in [0.25, 0.3) is 0 Å². The summed E-state index contributed by atoms with van der Waals surface area (Å²) in [4.78, 5) is 20.6. The van der Waals surface area contributed by atoms with Crippen molar-refractivity contribution in [2.75, 3.05) is 31.7 Å². The molecule has 0 unspecified atom stereocenters. The molecule has 0 aliphatic heterocycles. The second-order valence-electron chi connectivity index (χ2n) is 3.48. The lowest BCUT2D eigenvalue weighted by atomic mass is 10.3. The maximum Gasteiger partial charge on any atom is 0.241 e. The summed E-state index contributed by atoms with van der Waals surface area (Å²) in [5.41, 5.74) is 6.72. The Morgan fingerprint density at radius 1 is 1.50 bits per heavy atom. The normalized spacial score (nSPS) is 10.0. The van der Waals surface area contributed by atoms with Gasteiger partial charge in [0.15, 0.2) is 5.82 Å². The van der Waals surface area contributed by atoms with Crippen LogP contribution in [0.2, 0.25) is 5.28 Å². The number of likely N-dealkylation sites (N-methyl/N-ethyl adjacent to an activating group) is 1. The fraction of sp³-hybridized carbons (Fsp3) is 0.444. The maximum absolute atomic E-state index is 11.3. The first-order valence-corrected chi connectivity index (χ1v) is 5.03. The first-order chi connectivity index (χ1) is 7.41. The number of anilines is 2. The van der Waals surface area contributed by atoms with E-state index in [1.165, 1.54) is 4.90 Å². The van der Waals surface area contributed by atoms with Crippen LogP contribution in [0.3, 0.4) is 0 Å². The summed E-state index contributed by atoms with van der Waals surface area (Å²) in [5.74, 6) is 0.305. The lowest BCUT2D eigenvalue weighted by Gasteiger charge is -2.13. The van der Waals surface area contributed by atoms with Crippen LogP contribution in [0, 0.1) is 6.92 Å². The summed E-state index contributed by atoms with van der Waals surface area (Å²) in [6.45, 7) is 1.84. The van der Waals surface area contributed by atoms with Crippen LogP contribution in [-0.2, 0) is 4.79 Å². The number of nitrogens with two attached hydrogens (primary N) is 1. The molecule has 7 heteroatoms. The summed E-state index contributed by atoms with van der Waals surface area (Å²) >= 11 is 5.69. The molecule has 6 nitrogen and oxygen atoms in total. The number of carbonyl (C=O) groups is 1. The van der Waals surface area contributed by atoms with Crippen molar-refractivity contribution in [1.29, 1.82) is 0 Å². The molecule has 1 amide bonds. The highest BCUT2D eigenvalue weighted by Gasteiger charge is 2.09. The monoisotopic (exact) mass is 243 g/mol. The van der Waals surface area contributed by atoms with Gasteiger partial charge in [0.25, 0.3) is 0 Å². The van der Waals surface area contributed by atoms with Crippen LogP contribution in [0.1, 0.15) is 5.69 Å². The summed E-state index contributed by atoms with van der Waals surface area (Å²) < 4.78 is 0. The topological polar surface area (TPSA) is 84.1 Å².